The summed E-state index contributed by atoms with van der Waals surface area (Å²) in [4.78, 5) is 51.5. The number of benzene rings is 3. The lowest BCUT2D eigenvalue weighted by Crippen LogP contribution is -2.43. The lowest BCUT2D eigenvalue weighted by Gasteiger charge is -2.37. The Morgan fingerprint density at radius 3 is 1.90 bits per heavy atom. The number of nitrogens with one attached hydrogen (secondary N) is 1. The molecule has 1 fully saturated rings. The van der Waals surface area contributed by atoms with E-state index >= 15 is 0 Å². The van der Waals surface area contributed by atoms with E-state index in [0.717, 1.165) is 16.7 Å². The summed E-state index contributed by atoms with van der Waals surface area (Å²) in [6.07, 6.45) is -2.94. The van der Waals surface area contributed by atoms with Gasteiger partial charge < -0.3 is 33.2 Å². The van der Waals surface area contributed by atoms with Crippen molar-refractivity contribution in [3.63, 3.8) is 0 Å². The van der Waals surface area contributed by atoms with Gasteiger partial charge in [-0.2, -0.15) is 0 Å². The second-order valence-corrected chi connectivity index (χ2v) is 11.3. The van der Waals surface area contributed by atoms with Gasteiger partial charge in [0, 0.05) is 25.8 Å². The van der Waals surface area contributed by atoms with E-state index in [0.29, 0.717) is 11.5 Å². The van der Waals surface area contributed by atoms with Crippen LogP contribution in [0.25, 0.3) is 0 Å². The molecule has 2 heterocycles. The molecule has 4 atom stereocenters. The number of ketones is 1. The van der Waals surface area contributed by atoms with E-state index in [9.17, 15) is 19.2 Å². The van der Waals surface area contributed by atoms with Crippen molar-refractivity contribution in [2.24, 2.45) is 0 Å². The molecule has 5 rings (SSSR count). The van der Waals surface area contributed by atoms with Gasteiger partial charge in [0.1, 0.15) is 35.1 Å². The number of carbonyl (C=O) groups excluding carboxylic acids is 2. The van der Waals surface area contributed by atoms with Crippen LogP contribution in [0.1, 0.15) is 42.7 Å². The molecule has 0 saturated carbocycles. The average Bonchev–Trinajstić information content (AvgIpc) is 3.44. The largest absolute Gasteiger partial charge is 0.497 e. The van der Waals surface area contributed by atoms with Crippen molar-refractivity contribution in [3.8, 4) is 11.5 Å². The number of rotatable bonds is 14. The quantitative estimate of drug-likeness (QED) is 0.157. The molecule has 0 bridgehead atoms. The van der Waals surface area contributed by atoms with Gasteiger partial charge >= 0.3 is 11.7 Å². The number of methoxy groups -OCH3 is 3. The molecule has 4 aromatic rings. The average molecular weight is 659 g/mol. The van der Waals surface area contributed by atoms with Gasteiger partial charge in [0.05, 0.1) is 27.2 Å². The Bertz CT molecular complexity index is 1750. The molecule has 0 spiro atoms. The second kappa shape index (κ2) is 15.2. The summed E-state index contributed by atoms with van der Waals surface area (Å²) in [5, 5.41) is 0. The molecule has 1 aliphatic rings. The number of nitrogens with zero attached hydrogens (tertiary/aromatic N) is 1. The van der Waals surface area contributed by atoms with Crippen LogP contribution in [0.5, 0.6) is 11.5 Å². The Labute approximate surface area is 277 Å². The van der Waals surface area contributed by atoms with Crippen LogP contribution in [-0.4, -0.2) is 67.6 Å². The minimum absolute atomic E-state index is 0.0000916. The van der Waals surface area contributed by atoms with Crippen molar-refractivity contribution in [1.29, 1.82) is 0 Å². The number of hydrogen-bond donors (Lipinski definition) is 1. The predicted molar refractivity (Wildman–Crippen MR) is 174 cm³/mol. The summed E-state index contributed by atoms with van der Waals surface area (Å²) in [6, 6.07) is 25.8. The first kappa shape index (κ1) is 34.3. The van der Waals surface area contributed by atoms with Gasteiger partial charge in [-0.25, -0.2) is 4.79 Å². The maximum absolute atomic E-state index is 13.0. The number of esters is 1. The minimum atomic E-state index is -1.22. The number of aromatic nitrogens is 2. The maximum Gasteiger partial charge on any atom is 0.330 e. The molecule has 1 aromatic heterocycles. The van der Waals surface area contributed by atoms with Crippen LogP contribution in [0.2, 0.25) is 0 Å². The maximum atomic E-state index is 13.0. The van der Waals surface area contributed by atoms with Crippen molar-refractivity contribution in [2.75, 3.05) is 27.9 Å². The Hall–Kier alpha value is -5.04. The highest BCUT2D eigenvalue weighted by atomic mass is 16.6. The van der Waals surface area contributed by atoms with E-state index in [4.69, 9.17) is 28.4 Å². The topological polar surface area (TPSA) is 144 Å². The molecule has 252 valence electrons. The first-order valence-electron chi connectivity index (χ1n) is 15.4. The first-order valence-corrected chi connectivity index (χ1v) is 15.4. The van der Waals surface area contributed by atoms with Gasteiger partial charge in [-0.05, 0) is 47.9 Å². The third kappa shape index (κ3) is 7.25. The molecule has 3 aromatic carbocycles. The predicted octanol–water partition coefficient (Wildman–Crippen LogP) is 3.76. The Morgan fingerprint density at radius 1 is 0.792 bits per heavy atom. The van der Waals surface area contributed by atoms with Gasteiger partial charge in [-0.3, -0.25) is 19.1 Å². The first-order chi connectivity index (χ1) is 23.2. The monoisotopic (exact) mass is 658 g/mol. The highest BCUT2D eigenvalue weighted by Crippen LogP contribution is 2.43. The lowest BCUT2D eigenvalue weighted by atomic mass is 9.80. The van der Waals surface area contributed by atoms with E-state index in [1.165, 1.54) is 30.9 Å². The molecule has 1 N–H and O–H groups in total. The van der Waals surface area contributed by atoms with Gasteiger partial charge in [0.15, 0.2) is 12.3 Å². The molecular formula is C36H38N2O10. The minimum Gasteiger partial charge on any atom is -0.497 e. The van der Waals surface area contributed by atoms with E-state index in [1.54, 1.807) is 14.2 Å². The van der Waals surface area contributed by atoms with E-state index in [2.05, 4.69) is 4.98 Å². The van der Waals surface area contributed by atoms with Crippen molar-refractivity contribution < 1.29 is 38.0 Å². The number of carbonyl (C=O) groups is 2. The van der Waals surface area contributed by atoms with Gasteiger partial charge in [0.2, 0.25) is 0 Å². The normalized spacial score (nSPS) is 19.1. The van der Waals surface area contributed by atoms with Crippen LogP contribution in [0, 0.1) is 0 Å². The summed E-state index contributed by atoms with van der Waals surface area (Å²) in [5.41, 5.74) is -0.199. The summed E-state index contributed by atoms with van der Waals surface area (Å²) >= 11 is 0. The third-order valence-electron chi connectivity index (χ3n) is 8.27. The molecule has 12 heteroatoms. The van der Waals surface area contributed by atoms with Crippen molar-refractivity contribution >= 4 is 11.8 Å². The summed E-state index contributed by atoms with van der Waals surface area (Å²) in [5.74, 6) is 0.510. The smallest absolute Gasteiger partial charge is 0.330 e. The molecule has 0 amide bonds. The van der Waals surface area contributed by atoms with Crippen molar-refractivity contribution in [2.45, 2.75) is 49.9 Å². The van der Waals surface area contributed by atoms with E-state index in [1.807, 2.05) is 78.9 Å². The van der Waals surface area contributed by atoms with Crippen molar-refractivity contribution in [3.05, 3.63) is 129 Å². The van der Waals surface area contributed by atoms with Crippen LogP contribution in [0.4, 0.5) is 0 Å². The Morgan fingerprint density at radius 2 is 1.38 bits per heavy atom. The SMILES string of the molecule is COc1ccc(C(OC[C@H]2O[C@@H](n3ccc(=O)[nH]c3=O)[C@H](OC)[C@@H]2OC(=O)CCC(C)=O)(c2ccccc2)c2ccc(OC)cc2)cc1. The van der Waals surface area contributed by atoms with Crippen LogP contribution < -0.4 is 20.7 Å². The number of ether oxygens (including phenoxy) is 6. The van der Waals surface area contributed by atoms with Crippen molar-refractivity contribution in [1.82, 2.24) is 9.55 Å². The molecule has 0 aliphatic carbocycles. The Balaban J connectivity index is 1.60. The van der Waals surface area contributed by atoms with Crippen LogP contribution in [0.15, 0.2) is 101 Å². The summed E-state index contributed by atoms with van der Waals surface area (Å²) < 4.78 is 37.1. The number of H-pyrrole nitrogens is 1. The summed E-state index contributed by atoms with van der Waals surface area (Å²) in [7, 11) is 4.58. The molecule has 0 unspecified atom stereocenters. The highest BCUT2D eigenvalue weighted by molar-refractivity contribution is 5.81. The molecule has 1 aliphatic heterocycles. The summed E-state index contributed by atoms with van der Waals surface area (Å²) in [6.45, 7) is 1.24. The van der Waals surface area contributed by atoms with E-state index < -0.39 is 47.4 Å². The lowest BCUT2D eigenvalue weighted by molar-refractivity contribution is -0.160. The van der Waals surface area contributed by atoms with Gasteiger partial charge in [0.25, 0.3) is 5.56 Å². The standard InChI is InChI=1S/C36H38N2O10/c1-23(39)10-19-31(41)48-32-29(47-34(33(32)45-4)38-21-20-30(40)37-35(38)42)22-46-36(24-8-6-5-7-9-24,25-11-15-27(43-2)16-12-25)26-13-17-28(44-3)18-14-26/h5-9,11-18,20-21,29,32-34H,10,19,22H2,1-4H3,(H,37,40,42)/t29-,32-,33-,34-/m1/s1. The number of aromatic amines is 1. The molecule has 0 radical (unpaired) electrons. The highest BCUT2D eigenvalue weighted by Gasteiger charge is 2.50. The van der Waals surface area contributed by atoms with Gasteiger partial charge in [-0.15, -0.1) is 0 Å². The van der Waals surface area contributed by atoms with Crippen LogP contribution >= 0.6 is 0 Å². The fraction of sp³-hybridized carbons (Fsp3) is 0.333. The van der Waals surface area contributed by atoms with Crippen LogP contribution in [-0.2, 0) is 34.1 Å². The third-order valence-corrected chi connectivity index (χ3v) is 8.27. The molecule has 1 saturated heterocycles. The molecule has 12 nitrogen and oxygen atoms in total. The molecular weight excluding hydrogens is 620 g/mol. The van der Waals surface area contributed by atoms with Crippen LogP contribution in [0.3, 0.4) is 0 Å². The van der Waals surface area contributed by atoms with E-state index in [-0.39, 0.29) is 25.2 Å². The number of hydrogen-bond acceptors (Lipinski definition) is 10. The van der Waals surface area contributed by atoms with Gasteiger partial charge in [-0.1, -0.05) is 54.6 Å². The zero-order valence-electron chi connectivity index (χ0n) is 27.1. The molecule has 48 heavy (non-hydrogen) atoms. The fourth-order valence-electron chi connectivity index (χ4n) is 5.86. The zero-order valence-corrected chi connectivity index (χ0v) is 27.1. The number of Topliss-reactive ketones (excluding diaryl/α,β-unsaturated/α-hetero) is 1. The zero-order chi connectivity index (χ0) is 34.3. The second-order valence-electron chi connectivity index (χ2n) is 11.3. The fourth-order valence-corrected chi connectivity index (χ4v) is 5.86. The Kier molecular flexibility index (Phi) is 10.9.